The molecule has 6 heteroatoms. The quantitative estimate of drug-likeness (QED) is 0.798. The van der Waals surface area contributed by atoms with E-state index in [2.05, 4.69) is 5.32 Å². The van der Waals surface area contributed by atoms with Gasteiger partial charge in [-0.25, -0.2) is 0 Å². The first kappa shape index (κ1) is 19.7. The molecule has 0 radical (unpaired) electrons. The number of para-hydroxylation sites is 2. The highest BCUT2D eigenvalue weighted by Crippen LogP contribution is 2.32. The summed E-state index contributed by atoms with van der Waals surface area (Å²) in [6.07, 6.45) is 1.52. The van der Waals surface area contributed by atoms with Crippen LogP contribution in [0, 0.1) is 5.92 Å². The third kappa shape index (κ3) is 4.27. The van der Waals surface area contributed by atoms with Gasteiger partial charge in [-0.3, -0.25) is 9.59 Å². The standard InChI is InChI=1S/C22H26N2O4/c1-24(14-17-8-6-10-19(27-2)21(17)28-3)20(25)12-11-16-13-15-7-4-5-9-18(15)23-22(16)26/h4-10,16H,11-14H2,1-3H3,(H,23,26). The summed E-state index contributed by atoms with van der Waals surface area (Å²) in [4.78, 5) is 26.6. The Morgan fingerprint density at radius 3 is 2.68 bits per heavy atom. The minimum absolute atomic E-state index is 0.00321. The molecular formula is C22H26N2O4. The number of nitrogens with one attached hydrogen (secondary N) is 1. The minimum atomic E-state index is -0.182. The molecule has 0 aliphatic carbocycles. The molecule has 0 bridgehead atoms. The average Bonchev–Trinajstić information content (AvgIpc) is 2.71. The van der Waals surface area contributed by atoms with Gasteiger partial charge in [0.2, 0.25) is 11.8 Å². The van der Waals surface area contributed by atoms with Gasteiger partial charge in [0.1, 0.15) is 0 Å². The number of amides is 2. The van der Waals surface area contributed by atoms with E-state index in [4.69, 9.17) is 9.47 Å². The molecule has 1 unspecified atom stereocenters. The van der Waals surface area contributed by atoms with Crippen molar-refractivity contribution in [2.24, 2.45) is 5.92 Å². The van der Waals surface area contributed by atoms with E-state index in [1.54, 1.807) is 26.2 Å². The number of benzene rings is 2. The van der Waals surface area contributed by atoms with Gasteiger partial charge in [0.05, 0.1) is 14.2 Å². The molecule has 1 aliphatic rings. The van der Waals surface area contributed by atoms with E-state index in [1.165, 1.54) is 0 Å². The average molecular weight is 382 g/mol. The predicted octanol–water partition coefficient (Wildman–Crippen LogP) is 3.25. The molecule has 28 heavy (non-hydrogen) atoms. The van der Waals surface area contributed by atoms with Crippen LogP contribution in [-0.2, 0) is 22.6 Å². The third-order valence-electron chi connectivity index (χ3n) is 5.14. The van der Waals surface area contributed by atoms with Gasteiger partial charge in [0.25, 0.3) is 0 Å². The number of carbonyl (C=O) groups excluding carboxylic acids is 2. The maximum atomic E-state index is 12.6. The van der Waals surface area contributed by atoms with Crippen molar-refractivity contribution >= 4 is 17.5 Å². The van der Waals surface area contributed by atoms with Crippen LogP contribution in [0.1, 0.15) is 24.0 Å². The highest BCUT2D eigenvalue weighted by Gasteiger charge is 2.26. The monoisotopic (exact) mass is 382 g/mol. The van der Waals surface area contributed by atoms with E-state index in [9.17, 15) is 9.59 Å². The summed E-state index contributed by atoms with van der Waals surface area (Å²) in [6, 6.07) is 13.4. The minimum Gasteiger partial charge on any atom is -0.493 e. The summed E-state index contributed by atoms with van der Waals surface area (Å²) in [5, 5.41) is 2.94. The summed E-state index contributed by atoms with van der Waals surface area (Å²) in [6.45, 7) is 0.416. The highest BCUT2D eigenvalue weighted by atomic mass is 16.5. The van der Waals surface area contributed by atoms with Crippen molar-refractivity contribution in [3.8, 4) is 11.5 Å². The predicted molar refractivity (Wildman–Crippen MR) is 108 cm³/mol. The van der Waals surface area contributed by atoms with Crippen LogP contribution in [0.2, 0.25) is 0 Å². The summed E-state index contributed by atoms with van der Waals surface area (Å²) in [7, 11) is 4.93. The van der Waals surface area contributed by atoms with Gasteiger partial charge in [-0.1, -0.05) is 30.3 Å². The molecule has 1 N–H and O–H groups in total. The smallest absolute Gasteiger partial charge is 0.227 e. The van der Waals surface area contributed by atoms with Crippen molar-refractivity contribution in [1.29, 1.82) is 0 Å². The van der Waals surface area contributed by atoms with Crippen molar-refractivity contribution in [3.05, 3.63) is 53.6 Å². The number of methoxy groups -OCH3 is 2. The summed E-state index contributed by atoms with van der Waals surface area (Å²) in [5.41, 5.74) is 2.87. The van der Waals surface area contributed by atoms with Crippen LogP contribution in [0.5, 0.6) is 11.5 Å². The van der Waals surface area contributed by atoms with Gasteiger partial charge in [-0.15, -0.1) is 0 Å². The van der Waals surface area contributed by atoms with Gasteiger partial charge in [-0.05, 0) is 30.5 Å². The van der Waals surface area contributed by atoms with Crippen molar-refractivity contribution in [2.45, 2.75) is 25.8 Å². The molecule has 1 heterocycles. The zero-order valence-corrected chi connectivity index (χ0v) is 16.5. The molecule has 6 nitrogen and oxygen atoms in total. The van der Waals surface area contributed by atoms with E-state index in [-0.39, 0.29) is 17.7 Å². The maximum absolute atomic E-state index is 12.6. The number of carbonyl (C=O) groups is 2. The first-order valence-electron chi connectivity index (χ1n) is 9.36. The molecule has 2 aromatic carbocycles. The van der Waals surface area contributed by atoms with Crippen LogP contribution in [0.25, 0.3) is 0 Å². The number of anilines is 1. The molecule has 0 spiro atoms. The number of nitrogens with zero attached hydrogens (tertiary/aromatic N) is 1. The van der Waals surface area contributed by atoms with E-state index >= 15 is 0 Å². The summed E-state index contributed by atoms with van der Waals surface area (Å²) >= 11 is 0. The van der Waals surface area contributed by atoms with E-state index in [0.717, 1.165) is 16.8 Å². The summed E-state index contributed by atoms with van der Waals surface area (Å²) in [5.74, 6) is 1.07. The number of hydrogen-bond acceptors (Lipinski definition) is 4. The largest absolute Gasteiger partial charge is 0.493 e. The topological polar surface area (TPSA) is 67.9 Å². The van der Waals surface area contributed by atoms with Crippen molar-refractivity contribution in [2.75, 3.05) is 26.6 Å². The van der Waals surface area contributed by atoms with Crippen molar-refractivity contribution in [1.82, 2.24) is 4.90 Å². The molecular weight excluding hydrogens is 356 g/mol. The summed E-state index contributed by atoms with van der Waals surface area (Å²) < 4.78 is 10.7. The Balaban J connectivity index is 1.59. The Morgan fingerprint density at radius 1 is 1.14 bits per heavy atom. The van der Waals surface area contributed by atoms with Crippen LogP contribution in [0.4, 0.5) is 5.69 Å². The maximum Gasteiger partial charge on any atom is 0.227 e. The fourth-order valence-electron chi connectivity index (χ4n) is 3.56. The molecule has 0 fully saturated rings. The molecule has 2 amide bonds. The molecule has 0 saturated heterocycles. The van der Waals surface area contributed by atoms with Crippen LogP contribution < -0.4 is 14.8 Å². The van der Waals surface area contributed by atoms with E-state index < -0.39 is 0 Å². The Labute approximate surface area is 165 Å². The molecule has 148 valence electrons. The fourth-order valence-corrected chi connectivity index (χ4v) is 3.56. The lowest BCUT2D eigenvalue weighted by Crippen LogP contribution is -2.32. The second kappa shape index (κ2) is 8.78. The molecule has 2 aromatic rings. The normalized spacial score (nSPS) is 15.4. The Bertz CT molecular complexity index is 865. The van der Waals surface area contributed by atoms with Crippen molar-refractivity contribution in [3.63, 3.8) is 0 Å². The lowest BCUT2D eigenvalue weighted by atomic mass is 9.89. The van der Waals surface area contributed by atoms with Gasteiger partial charge in [-0.2, -0.15) is 0 Å². The second-order valence-electron chi connectivity index (χ2n) is 6.99. The number of hydrogen-bond donors (Lipinski definition) is 1. The van der Waals surface area contributed by atoms with Crippen LogP contribution in [0.3, 0.4) is 0 Å². The lowest BCUT2D eigenvalue weighted by molar-refractivity contribution is -0.131. The van der Waals surface area contributed by atoms with E-state index in [0.29, 0.717) is 37.3 Å². The van der Waals surface area contributed by atoms with Gasteiger partial charge >= 0.3 is 0 Å². The van der Waals surface area contributed by atoms with Crippen LogP contribution in [0.15, 0.2) is 42.5 Å². The molecule has 1 atom stereocenters. The number of fused-ring (bicyclic) bond motifs is 1. The third-order valence-corrected chi connectivity index (χ3v) is 5.14. The Hall–Kier alpha value is -3.02. The number of ether oxygens (including phenoxy) is 2. The van der Waals surface area contributed by atoms with Gasteiger partial charge < -0.3 is 19.7 Å². The van der Waals surface area contributed by atoms with E-state index in [1.807, 2.05) is 42.5 Å². The zero-order valence-electron chi connectivity index (χ0n) is 16.5. The highest BCUT2D eigenvalue weighted by molar-refractivity contribution is 5.96. The SMILES string of the molecule is COc1cccc(CN(C)C(=O)CCC2Cc3ccccc3NC2=O)c1OC. The van der Waals surface area contributed by atoms with Gasteiger partial charge in [0.15, 0.2) is 11.5 Å². The first-order chi connectivity index (χ1) is 13.5. The molecule has 1 aliphatic heterocycles. The second-order valence-corrected chi connectivity index (χ2v) is 6.99. The van der Waals surface area contributed by atoms with Crippen LogP contribution in [-0.4, -0.2) is 38.0 Å². The Kier molecular flexibility index (Phi) is 6.19. The first-order valence-corrected chi connectivity index (χ1v) is 9.36. The molecule has 0 aromatic heterocycles. The Morgan fingerprint density at radius 2 is 1.93 bits per heavy atom. The lowest BCUT2D eigenvalue weighted by Gasteiger charge is -2.25. The number of rotatable bonds is 7. The zero-order chi connectivity index (χ0) is 20.1. The van der Waals surface area contributed by atoms with Crippen LogP contribution >= 0.6 is 0 Å². The molecule has 3 rings (SSSR count). The molecule has 0 saturated carbocycles. The van der Waals surface area contributed by atoms with Gasteiger partial charge in [0, 0.05) is 37.2 Å². The van der Waals surface area contributed by atoms with Crippen molar-refractivity contribution < 1.29 is 19.1 Å². The fraction of sp³-hybridized carbons (Fsp3) is 0.364.